The highest BCUT2D eigenvalue weighted by atomic mass is 32.2. The van der Waals surface area contributed by atoms with Crippen molar-refractivity contribution in [3.05, 3.63) is 99.8 Å². The van der Waals surface area contributed by atoms with Crippen LogP contribution in [-0.4, -0.2) is 32.7 Å². The summed E-state index contributed by atoms with van der Waals surface area (Å²) in [5.74, 6) is -0.467. The number of aromatic amines is 1. The first-order valence-electron chi connectivity index (χ1n) is 10.8. The number of nitrogens with zero attached hydrogens (tertiary/aromatic N) is 2. The van der Waals surface area contributed by atoms with Crippen LogP contribution in [0.4, 0.5) is 11.4 Å². The van der Waals surface area contributed by atoms with E-state index in [-0.39, 0.29) is 28.4 Å². The zero-order valence-corrected chi connectivity index (χ0v) is 20.0. The molecule has 3 N–H and O–H groups in total. The second kappa shape index (κ2) is 10.8. The van der Waals surface area contributed by atoms with Crippen molar-refractivity contribution in [2.75, 3.05) is 16.4 Å². The Morgan fingerprint density at radius 3 is 2.29 bits per heavy atom. The smallest absolute Gasteiger partial charge is 0.278 e. The molecule has 0 unspecified atom stereocenters. The van der Waals surface area contributed by atoms with E-state index in [1.165, 1.54) is 0 Å². The minimum atomic E-state index is -0.473. The van der Waals surface area contributed by atoms with Gasteiger partial charge in [0.2, 0.25) is 5.91 Å². The van der Waals surface area contributed by atoms with Gasteiger partial charge in [-0.15, -0.1) is 10.2 Å². The number of benzene rings is 3. The molecule has 0 aliphatic heterocycles. The minimum absolute atomic E-state index is 0.0562. The van der Waals surface area contributed by atoms with Gasteiger partial charge in [-0.3, -0.25) is 19.4 Å². The normalized spacial score (nSPS) is 10.6. The van der Waals surface area contributed by atoms with Crippen LogP contribution in [0.25, 0.3) is 11.3 Å². The molecule has 0 atom stereocenters. The van der Waals surface area contributed by atoms with Gasteiger partial charge in [-0.05, 0) is 55.3 Å². The quantitative estimate of drug-likeness (QED) is 0.334. The van der Waals surface area contributed by atoms with E-state index in [9.17, 15) is 14.4 Å². The van der Waals surface area contributed by atoms with Gasteiger partial charge in [-0.1, -0.05) is 54.2 Å². The molecule has 176 valence electrons. The number of hydrogen-bond acceptors (Lipinski definition) is 6. The summed E-state index contributed by atoms with van der Waals surface area (Å²) in [5.41, 5.74) is 3.80. The molecule has 0 radical (unpaired) electrons. The number of carbonyl (C=O) groups is 2. The lowest BCUT2D eigenvalue weighted by Gasteiger charge is -2.10. The molecule has 8 nitrogen and oxygen atoms in total. The fourth-order valence-electron chi connectivity index (χ4n) is 3.52. The van der Waals surface area contributed by atoms with Crippen molar-refractivity contribution >= 4 is 35.0 Å². The van der Waals surface area contributed by atoms with Crippen molar-refractivity contribution in [2.24, 2.45) is 0 Å². The van der Waals surface area contributed by atoms with E-state index in [2.05, 4.69) is 25.8 Å². The lowest BCUT2D eigenvalue weighted by molar-refractivity contribution is -0.113. The summed E-state index contributed by atoms with van der Waals surface area (Å²) in [6, 6.07) is 21.5. The molecule has 4 aromatic rings. The Kier molecular flexibility index (Phi) is 7.37. The first-order valence-corrected chi connectivity index (χ1v) is 11.8. The predicted octanol–water partition coefficient (Wildman–Crippen LogP) is 4.43. The molecule has 9 heteroatoms. The van der Waals surface area contributed by atoms with Crippen LogP contribution in [0.15, 0.2) is 82.7 Å². The van der Waals surface area contributed by atoms with E-state index < -0.39 is 5.56 Å². The zero-order valence-electron chi connectivity index (χ0n) is 19.2. The molecule has 0 saturated heterocycles. The Labute approximate surface area is 206 Å². The number of aromatic nitrogens is 3. The van der Waals surface area contributed by atoms with Crippen molar-refractivity contribution in [2.45, 2.75) is 19.0 Å². The number of H-pyrrole nitrogens is 1. The number of thioether (sulfide) groups is 1. The van der Waals surface area contributed by atoms with Crippen LogP contribution in [0.1, 0.15) is 21.5 Å². The SMILES string of the molecule is Cc1cc(C)cc(NC(=O)CSc2nnc(-c3ccccc3NC(=O)c3ccccc3)c(=O)[nH]2)c1. The molecule has 35 heavy (non-hydrogen) atoms. The number of carbonyl (C=O) groups excluding carboxylic acids is 2. The molecular formula is C26H23N5O3S. The van der Waals surface area contributed by atoms with Gasteiger partial charge in [0.1, 0.15) is 0 Å². The summed E-state index contributed by atoms with van der Waals surface area (Å²) in [4.78, 5) is 40.4. The van der Waals surface area contributed by atoms with Crippen molar-refractivity contribution in [1.82, 2.24) is 15.2 Å². The zero-order chi connectivity index (χ0) is 24.8. The van der Waals surface area contributed by atoms with Crippen LogP contribution in [0.3, 0.4) is 0 Å². The maximum absolute atomic E-state index is 12.8. The van der Waals surface area contributed by atoms with E-state index >= 15 is 0 Å². The van der Waals surface area contributed by atoms with Crippen molar-refractivity contribution < 1.29 is 9.59 Å². The van der Waals surface area contributed by atoms with Crippen LogP contribution in [0.2, 0.25) is 0 Å². The second-order valence-corrected chi connectivity index (χ2v) is 8.85. The van der Waals surface area contributed by atoms with E-state index in [4.69, 9.17) is 0 Å². The average Bonchev–Trinajstić information content (AvgIpc) is 2.83. The summed E-state index contributed by atoms with van der Waals surface area (Å²) >= 11 is 1.08. The van der Waals surface area contributed by atoms with E-state index in [1.54, 1.807) is 48.5 Å². The summed E-state index contributed by atoms with van der Waals surface area (Å²) < 4.78 is 0. The maximum Gasteiger partial charge on any atom is 0.278 e. The molecule has 0 fully saturated rings. The fourth-order valence-corrected chi connectivity index (χ4v) is 4.13. The molecule has 0 aliphatic rings. The monoisotopic (exact) mass is 485 g/mol. The molecular weight excluding hydrogens is 462 g/mol. The van der Waals surface area contributed by atoms with Gasteiger partial charge < -0.3 is 10.6 Å². The Bertz CT molecular complexity index is 1420. The third-order valence-electron chi connectivity index (χ3n) is 4.99. The number of amides is 2. The average molecular weight is 486 g/mol. The molecule has 2 amide bonds. The van der Waals surface area contributed by atoms with E-state index in [0.717, 1.165) is 28.6 Å². The van der Waals surface area contributed by atoms with Gasteiger partial charge in [0.05, 0.1) is 11.4 Å². The molecule has 4 rings (SSSR count). The number of nitrogens with one attached hydrogen (secondary N) is 3. The number of anilines is 2. The Balaban J connectivity index is 1.45. The minimum Gasteiger partial charge on any atom is -0.325 e. The standard InChI is InChI=1S/C26H23N5O3S/c1-16-12-17(2)14-19(13-16)27-22(32)15-35-26-29-25(34)23(30-31-26)20-10-6-7-11-21(20)28-24(33)18-8-4-3-5-9-18/h3-14H,15H2,1-2H3,(H,27,32)(H,28,33)(H,29,31,34). The summed E-state index contributed by atoms with van der Waals surface area (Å²) in [6.07, 6.45) is 0. The number of rotatable bonds is 7. The summed E-state index contributed by atoms with van der Waals surface area (Å²) in [7, 11) is 0. The highest BCUT2D eigenvalue weighted by molar-refractivity contribution is 7.99. The molecule has 3 aromatic carbocycles. The summed E-state index contributed by atoms with van der Waals surface area (Å²) in [5, 5.41) is 14.0. The molecule has 1 aromatic heterocycles. The van der Waals surface area contributed by atoms with Gasteiger partial charge in [-0.25, -0.2) is 0 Å². The molecule has 0 bridgehead atoms. The molecule has 0 spiro atoms. The first-order chi connectivity index (χ1) is 16.9. The molecule has 0 saturated carbocycles. The Morgan fingerprint density at radius 2 is 1.57 bits per heavy atom. The number of aryl methyl sites for hydroxylation is 2. The third-order valence-corrected chi connectivity index (χ3v) is 5.85. The third kappa shape index (κ3) is 6.21. The van der Waals surface area contributed by atoms with Gasteiger partial charge >= 0.3 is 0 Å². The number of para-hydroxylation sites is 1. The first kappa shape index (κ1) is 23.9. The largest absolute Gasteiger partial charge is 0.325 e. The van der Waals surface area contributed by atoms with Crippen LogP contribution in [0.5, 0.6) is 0 Å². The van der Waals surface area contributed by atoms with Crippen LogP contribution < -0.4 is 16.2 Å². The van der Waals surface area contributed by atoms with Crippen molar-refractivity contribution in [3.8, 4) is 11.3 Å². The van der Waals surface area contributed by atoms with Crippen molar-refractivity contribution in [1.29, 1.82) is 0 Å². The fraction of sp³-hybridized carbons (Fsp3) is 0.115. The topological polar surface area (TPSA) is 117 Å². The van der Waals surface area contributed by atoms with Gasteiger partial charge in [-0.2, -0.15) is 0 Å². The Hall–Kier alpha value is -4.24. The van der Waals surface area contributed by atoms with E-state index in [1.807, 2.05) is 38.1 Å². The van der Waals surface area contributed by atoms with Gasteiger partial charge in [0.25, 0.3) is 11.5 Å². The lowest BCUT2D eigenvalue weighted by Crippen LogP contribution is -2.18. The van der Waals surface area contributed by atoms with Crippen LogP contribution in [0, 0.1) is 13.8 Å². The van der Waals surface area contributed by atoms with E-state index in [0.29, 0.717) is 16.8 Å². The second-order valence-electron chi connectivity index (χ2n) is 7.89. The van der Waals surface area contributed by atoms with Gasteiger partial charge in [0, 0.05) is 16.8 Å². The molecule has 1 heterocycles. The highest BCUT2D eigenvalue weighted by Gasteiger charge is 2.15. The highest BCUT2D eigenvalue weighted by Crippen LogP contribution is 2.24. The van der Waals surface area contributed by atoms with Gasteiger partial charge in [0.15, 0.2) is 10.9 Å². The number of hydrogen-bond donors (Lipinski definition) is 3. The maximum atomic E-state index is 12.8. The summed E-state index contributed by atoms with van der Waals surface area (Å²) in [6.45, 7) is 3.93. The van der Waals surface area contributed by atoms with Crippen LogP contribution >= 0.6 is 11.8 Å². The molecule has 0 aliphatic carbocycles. The lowest BCUT2D eigenvalue weighted by atomic mass is 10.1. The predicted molar refractivity (Wildman–Crippen MR) is 138 cm³/mol. The van der Waals surface area contributed by atoms with Crippen LogP contribution in [-0.2, 0) is 4.79 Å². The van der Waals surface area contributed by atoms with Crippen molar-refractivity contribution in [3.63, 3.8) is 0 Å². The Morgan fingerprint density at radius 1 is 0.886 bits per heavy atom.